The number of hydrogen-bond acceptors (Lipinski definition) is 3. The Morgan fingerprint density at radius 3 is 0.500 bits per heavy atom. The van der Waals surface area contributed by atoms with Crippen LogP contribution < -0.4 is 0 Å². The molecule has 1 aliphatic rings. The highest BCUT2D eigenvalue weighted by Gasteiger charge is 2.71. The summed E-state index contributed by atoms with van der Waals surface area (Å²) in [4.78, 5) is 2.02. The Kier molecular flexibility index (Phi) is 11.8. The van der Waals surface area contributed by atoms with Crippen LogP contribution in [0, 0.1) is 0 Å². The van der Waals surface area contributed by atoms with Gasteiger partial charge in [0, 0.05) is 0 Å². The van der Waals surface area contributed by atoms with Gasteiger partial charge in [-0.25, -0.2) is 14.7 Å². The summed E-state index contributed by atoms with van der Waals surface area (Å²) in [6, 6.07) is 0. The maximum absolute atomic E-state index is 6.13. The van der Waals surface area contributed by atoms with Crippen molar-refractivity contribution in [1.29, 1.82) is 0 Å². The van der Waals surface area contributed by atoms with E-state index in [1.54, 1.807) is 0 Å². The van der Waals surface area contributed by atoms with Crippen molar-refractivity contribution >= 4 is 209 Å². The van der Waals surface area contributed by atoms with Gasteiger partial charge in [0.05, 0.1) is 0 Å². The zero-order valence-electron chi connectivity index (χ0n) is 12.9. The van der Waals surface area contributed by atoms with Crippen molar-refractivity contribution < 1.29 is 0 Å². The molecule has 0 aromatic carbocycles. The molecule has 0 aliphatic carbocycles. The standard InChI is InChI=1S/C9H3Cl18N3/c10-4(11,12)1-28(7(19,20)21)2(5(13,14)15)30(9(25,26)27)3(6(16,17)18)29(1)8(22,23)24/h1-3H. The summed E-state index contributed by atoms with van der Waals surface area (Å²) in [7, 11) is 0. The smallest absolute Gasteiger partial charge is 0.219 e. The largest absolute Gasteiger partial charge is 0.250 e. The van der Waals surface area contributed by atoms with Gasteiger partial charge in [0.2, 0.25) is 11.4 Å². The molecule has 3 nitrogen and oxygen atoms in total. The van der Waals surface area contributed by atoms with Crippen LogP contribution in [0.1, 0.15) is 0 Å². The Morgan fingerprint density at radius 1 is 0.300 bits per heavy atom. The first-order valence-corrected chi connectivity index (χ1v) is 13.3. The van der Waals surface area contributed by atoms with E-state index in [1.165, 1.54) is 0 Å². The van der Waals surface area contributed by atoms with E-state index in [4.69, 9.17) is 209 Å². The van der Waals surface area contributed by atoms with Crippen LogP contribution in [0.4, 0.5) is 0 Å². The third kappa shape index (κ3) is 8.05. The zero-order chi connectivity index (χ0) is 24.5. The lowest BCUT2D eigenvalue weighted by molar-refractivity contribution is -0.177. The molecular formula is C9H3Cl18N3. The van der Waals surface area contributed by atoms with Gasteiger partial charge >= 0.3 is 0 Å². The monoisotopic (exact) mass is 782 g/mol. The summed E-state index contributed by atoms with van der Waals surface area (Å²) in [6.07, 6.45) is -5.56. The van der Waals surface area contributed by atoms with Crippen LogP contribution in [-0.4, -0.2) is 56.3 Å². The Morgan fingerprint density at radius 2 is 0.433 bits per heavy atom. The molecule has 1 aliphatic heterocycles. The van der Waals surface area contributed by atoms with Crippen LogP contribution in [0.5, 0.6) is 0 Å². The first-order chi connectivity index (χ1) is 12.7. The first-order valence-electron chi connectivity index (χ1n) is 6.49. The van der Waals surface area contributed by atoms with Gasteiger partial charge in [0.1, 0.15) is 18.5 Å². The van der Waals surface area contributed by atoms with E-state index in [2.05, 4.69) is 0 Å². The number of alkyl halides is 18. The van der Waals surface area contributed by atoms with E-state index in [9.17, 15) is 0 Å². The summed E-state index contributed by atoms with van der Waals surface area (Å²) < 4.78 is -15.0. The predicted octanol–water partition coefficient (Wildman–Crippen LogP) is 9.98. The summed E-state index contributed by atoms with van der Waals surface area (Å²) >= 11 is 110. The molecule has 0 unspecified atom stereocenters. The van der Waals surface area contributed by atoms with Crippen molar-refractivity contribution in [3.8, 4) is 0 Å². The van der Waals surface area contributed by atoms with Gasteiger partial charge in [-0.1, -0.05) is 209 Å². The molecule has 1 heterocycles. The topological polar surface area (TPSA) is 9.72 Å². The molecule has 0 radical (unpaired) electrons. The normalized spacial score (nSPS) is 27.6. The molecule has 0 atom stereocenters. The first kappa shape index (κ1) is 33.1. The fourth-order valence-corrected chi connectivity index (χ4v) is 6.14. The van der Waals surface area contributed by atoms with Crippen molar-refractivity contribution in [1.82, 2.24) is 14.7 Å². The lowest BCUT2D eigenvalue weighted by Gasteiger charge is -2.64. The Bertz CT molecular complexity index is 452. The van der Waals surface area contributed by atoms with Crippen LogP contribution in [-0.2, 0) is 0 Å². The highest BCUT2D eigenvalue weighted by atomic mass is 35.6. The van der Waals surface area contributed by atoms with Crippen molar-refractivity contribution in [3.63, 3.8) is 0 Å². The van der Waals surface area contributed by atoms with Crippen LogP contribution in [0.2, 0.25) is 0 Å². The molecule has 30 heavy (non-hydrogen) atoms. The molecule has 0 N–H and O–H groups in total. The molecule has 0 amide bonds. The summed E-state index contributed by atoms with van der Waals surface area (Å²) in [5.74, 6) is 0. The number of nitrogens with zero attached hydrogens (tertiary/aromatic N) is 3. The van der Waals surface area contributed by atoms with Crippen molar-refractivity contribution in [2.45, 2.75) is 41.6 Å². The SMILES string of the molecule is ClC(Cl)(Cl)C1N(C(Cl)(Cl)Cl)C(C(Cl)(Cl)Cl)N(C(Cl)(Cl)Cl)C(C(Cl)(Cl)Cl)N1C(Cl)(Cl)Cl. The lowest BCUT2D eigenvalue weighted by atomic mass is 10.2. The van der Waals surface area contributed by atoms with Gasteiger partial charge in [-0.3, -0.25) is 0 Å². The lowest BCUT2D eigenvalue weighted by Crippen LogP contribution is -2.83. The van der Waals surface area contributed by atoms with E-state index in [1.807, 2.05) is 0 Å². The van der Waals surface area contributed by atoms with Gasteiger partial charge in [-0.2, -0.15) is 0 Å². The fraction of sp³-hybridized carbons (Fsp3) is 1.00. The summed E-state index contributed by atoms with van der Waals surface area (Å²) in [5, 5.41) is 0. The predicted molar refractivity (Wildman–Crippen MR) is 139 cm³/mol. The van der Waals surface area contributed by atoms with Crippen molar-refractivity contribution in [3.05, 3.63) is 0 Å². The average Bonchev–Trinajstić information content (AvgIpc) is 2.37. The molecule has 1 rings (SSSR count). The molecule has 0 aromatic rings. The van der Waals surface area contributed by atoms with Gasteiger partial charge < -0.3 is 0 Å². The van der Waals surface area contributed by atoms with Crippen molar-refractivity contribution in [2.24, 2.45) is 0 Å². The van der Waals surface area contributed by atoms with Crippen LogP contribution in [0.3, 0.4) is 0 Å². The van der Waals surface area contributed by atoms with Crippen LogP contribution in [0.25, 0.3) is 0 Å². The Balaban J connectivity index is 4.17. The van der Waals surface area contributed by atoms with E-state index < -0.39 is 41.6 Å². The van der Waals surface area contributed by atoms with Crippen molar-refractivity contribution in [2.75, 3.05) is 0 Å². The summed E-state index contributed by atoms with van der Waals surface area (Å²) in [5.41, 5.74) is 0. The second kappa shape index (κ2) is 10.7. The van der Waals surface area contributed by atoms with Gasteiger partial charge in [0.25, 0.3) is 11.7 Å². The third-order valence-corrected chi connectivity index (χ3v) is 6.85. The number of hydrogen-bond donors (Lipinski definition) is 0. The fourth-order valence-electron chi connectivity index (χ4n) is 2.58. The maximum Gasteiger partial charge on any atom is 0.250 e. The van der Waals surface area contributed by atoms with Crippen LogP contribution in [0.15, 0.2) is 0 Å². The molecule has 1 fully saturated rings. The maximum atomic E-state index is 6.13. The second-order valence-electron chi connectivity index (χ2n) is 5.37. The quantitative estimate of drug-likeness (QED) is 0.179. The van der Waals surface area contributed by atoms with Gasteiger partial charge in [0.15, 0.2) is 0 Å². The molecule has 1 saturated heterocycles. The minimum absolute atomic E-state index is 0.675. The molecule has 0 saturated carbocycles. The van der Waals surface area contributed by atoms with Crippen LogP contribution >= 0.6 is 209 Å². The molecule has 21 heteroatoms. The van der Waals surface area contributed by atoms with E-state index in [0.29, 0.717) is 14.7 Å². The molecule has 180 valence electrons. The van der Waals surface area contributed by atoms with Gasteiger partial charge in [-0.15, -0.1) is 0 Å². The van der Waals surface area contributed by atoms with Gasteiger partial charge in [-0.05, 0) is 0 Å². The molecule has 0 spiro atoms. The Hall–Kier alpha value is 5.10. The Labute approximate surface area is 261 Å². The number of rotatable bonds is 0. The molecular weight excluding hydrogens is 788 g/mol. The minimum Gasteiger partial charge on any atom is -0.219 e. The average molecular weight is 791 g/mol. The minimum atomic E-state index is -2.54. The molecule has 0 bridgehead atoms. The molecule has 0 aromatic heterocycles. The van der Waals surface area contributed by atoms with E-state index in [-0.39, 0.29) is 0 Å². The summed E-state index contributed by atoms with van der Waals surface area (Å²) in [6.45, 7) is 0. The third-order valence-electron chi connectivity index (χ3n) is 3.34. The number of halogens is 18. The highest BCUT2D eigenvalue weighted by Crippen LogP contribution is 2.60. The zero-order valence-corrected chi connectivity index (χ0v) is 26.5. The highest BCUT2D eigenvalue weighted by molar-refractivity contribution is 6.72. The second-order valence-corrected chi connectivity index (χ2v) is 19.1. The van der Waals surface area contributed by atoms with E-state index in [0.717, 1.165) is 0 Å². The van der Waals surface area contributed by atoms with E-state index >= 15 is 0 Å².